The lowest BCUT2D eigenvalue weighted by Crippen LogP contribution is -2.09. The number of fused-ring (bicyclic) bond motifs is 5. The van der Waals surface area contributed by atoms with Crippen LogP contribution in [0.2, 0.25) is 5.02 Å². The van der Waals surface area contributed by atoms with Crippen molar-refractivity contribution in [2.75, 3.05) is 5.43 Å². The largest absolute Gasteiger partial charge is 0.306 e. The molecule has 0 bridgehead atoms. The second-order valence-electron chi connectivity index (χ2n) is 7.81. The van der Waals surface area contributed by atoms with Crippen LogP contribution in [-0.2, 0) is 6.42 Å². The highest BCUT2D eigenvalue weighted by molar-refractivity contribution is 6.36. The van der Waals surface area contributed by atoms with E-state index in [9.17, 15) is 0 Å². The van der Waals surface area contributed by atoms with E-state index in [-0.39, 0.29) is 0 Å². The summed E-state index contributed by atoms with van der Waals surface area (Å²) >= 11 is 6.44. The predicted molar refractivity (Wildman–Crippen MR) is 130 cm³/mol. The molecule has 2 aliphatic carbocycles. The molecule has 6 rings (SSSR count). The zero-order valence-corrected chi connectivity index (χ0v) is 17.9. The van der Waals surface area contributed by atoms with E-state index < -0.39 is 0 Å². The maximum atomic E-state index is 6.44. The van der Waals surface area contributed by atoms with E-state index in [1.807, 2.05) is 36.4 Å². The molecule has 31 heavy (non-hydrogen) atoms. The third-order valence-electron chi connectivity index (χ3n) is 6.05. The lowest BCUT2D eigenvalue weighted by Gasteiger charge is -2.25. The van der Waals surface area contributed by atoms with Crippen LogP contribution in [0.3, 0.4) is 0 Å². The number of nitrogens with one attached hydrogen (secondary N) is 1. The average Bonchev–Trinajstić information content (AvgIpc) is 2.83. The van der Waals surface area contributed by atoms with Crippen LogP contribution < -0.4 is 11.3 Å². The summed E-state index contributed by atoms with van der Waals surface area (Å²) in [5, 5.41) is 13.0. The number of hydrogen-bond acceptors (Lipinski definition) is 4. The van der Waals surface area contributed by atoms with Gasteiger partial charge in [-0.15, -0.1) is 5.10 Å². The van der Waals surface area contributed by atoms with Gasteiger partial charge in [-0.1, -0.05) is 77.9 Å². The first-order valence-electron chi connectivity index (χ1n) is 10.5. The number of hydrogen-bond donors (Lipinski definition) is 2. The molecule has 0 unspecified atom stereocenters. The van der Waals surface area contributed by atoms with Gasteiger partial charge in [0.15, 0.2) is 5.82 Å². The average molecular weight is 427 g/mol. The van der Waals surface area contributed by atoms with Crippen molar-refractivity contribution in [3.05, 3.63) is 94.7 Å². The zero-order valence-electron chi connectivity index (χ0n) is 17.1. The number of nitrogen functional groups attached to an aromatic ring is 1. The Labute approximate surface area is 186 Å². The van der Waals surface area contributed by atoms with Crippen LogP contribution in [0.4, 0.5) is 5.82 Å². The van der Waals surface area contributed by atoms with Gasteiger partial charge in [0.2, 0.25) is 0 Å². The van der Waals surface area contributed by atoms with Crippen molar-refractivity contribution in [1.82, 2.24) is 10.2 Å². The molecule has 4 aromatic rings. The van der Waals surface area contributed by atoms with Crippen molar-refractivity contribution in [2.45, 2.75) is 25.7 Å². The third kappa shape index (κ3) is 3.69. The molecule has 0 saturated heterocycles. The van der Waals surface area contributed by atoms with E-state index in [2.05, 4.69) is 46.0 Å². The van der Waals surface area contributed by atoms with E-state index in [0.29, 0.717) is 5.82 Å². The molecule has 0 amide bonds. The van der Waals surface area contributed by atoms with Gasteiger partial charge in [-0.25, -0.2) is 5.84 Å². The number of hydrazine groups is 1. The summed E-state index contributed by atoms with van der Waals surface area (Å²) in [6, 6.07) is 18.5. The van der Waals surface area contributed by atoms with Gasteiger partial charge in [0.05, 0.1) is 6.20 Å². The first-order valence-corrected chi connectivity index (χ1v) is 10.9. The molecule has 0 fully saturated rings. The second-order valence-corrected chi connectivity index (χ2v) is 8.22. The van der Waals surface area contributed by atoms with Crippen molar-refractivity contribution in [2.24, 2.45) is 5.84 Å². The molecule has 3 aromatic carbocycles. The van der Waals surface area contributed by atoms with Crippen LogP contribution in [0.5, 0.6) is 0 Å². The van der Waals surface area contributed by atoms with E-state index in [4.69, 9.17) is 17.4 Å². The van der Waals surface area contributed by atoms with Crippen LogP contribution in [-0.4, -0.2) is 10.2 Å². The van der Waals surface area contributed by atoms with Crippen molar-refractivity contribution in [3.8, 4) is 0 Å². The molecule has 0 saturated carbocycles. The van der Waals surface area contributed by atoms with Gasteiger partial charge in [-0.05, 0) is 53.8 Å². The van der Waals surface area contributed by atoms with E-state index >= 15 is 0 Å². The minimum Gasteiger partial charge on any atom is -0.306 e. The molecule has 2 aliphatic rings. The summed E-state index contributed by atoms with van der Waals surface area (Å²) in [6.07, 6.45) is 11.1. The molecule has 1 aromatic heterocycles. The van der Waals surface area contributed by atoms with Crippen molar-refractivity contribution in [3.63, 3.8) is 0 Å². The summed E-state index contributed by atoms with van der Waals surface area (Å²) in [6.45, 7) is 0. The molecule has 5 heteroatoms. The van der Waals surface area contributed by atoms with Crippen LogP contribution in [0, 0.1) is 0 Å². The van der Waals surface area contributed by atoms with Crippen LogP contribution in [0.15, 0.2) is 78.5 Å². The summed E-state index contributed by atoms with van der Waals surface area (Å²) in [4.78, 5) is 0. The Bertz CT molecular complexity index is 1330. The number of allylic oxidation sites excluding steroid dienone is 4. The van der Waals surface area contributed by atoms with Gasteiger partial charge in [0, 0.05) is 21.2 Å². The SMILES string of the molecule is Clc1cccc2ccc3c(c12)CCC1=C3C=CCC1.NNc1nncc2ccccc12. The van der Waals surface area contributed by atoms with Gasteiger partial charge in [0.25, 0.3) is 0 Å². The molecule has 0 radical (unpaired) electrons. The standard InChI is InChI=1S/C18H15Cl.C8H8N4/c19-17-7-3-5-13-9-10-15-14-6-2-1-4-12(14)8-11-16(15)18(13)17;9-11-8-7-4-2-1-3-6(7)5-10-12-8/h2-3,5-7,9-10H,1,4,8,11H2;1-5H,9H2,(H,11,12). The molecule has 3 N–H and O–H groups in total. The fourth-order valence-electron chi connectivity index (χ4n) is 4.58. The molecular formula is C26H23ClN4. The summed E-state index contributed by atoms with van der Waals surface area (Å²) in [5.41, 5.74) is 8.41. The highest BCUT2D eigenvalue weighted by Gasteiger charge is 2.21. The van der Waals surface area contributed by atoms with Crippen LogP contribution >= 0.6 is 11.6 Å². The number of anilines is 1. The molecule has 1 heterocycles. The lowest BCUT2D eigenvalue weighted by atomic mass is 9.79. The maximum absolute atomic E-state index is 6.44. The quantitative estimate of drug-likeness (QED) is 0.271. The molecule has 0 spiro atoms. The van der Waals surface area contributed by atoms with Gasteiger partial charge >= 0.3 is 0 Å². The Kier molecular flexibility index (Phi) is 5.41. The van der Waals surface area contributed by atoms with Gasteiger partial charge in [-0.2, -0.15) is 5.10 Å². The Hall–Kier alpha value is -3.21. The van der Waals surface area contributed by atoms with Gasteiger partial charge in [0.1, 0.15) is 0 Å². The first-order chi connectivity index (χ1) is 15.3. The Morgan fingerprint density at radius 1 is 0.903 bits per heavy atom. The Morgan fingerprint density at radius 3 is 2.68 bits per heavy atom. The number of aryl methyl sites for hydroxylation is 1. The van der Waals surface area contributed by atoms with E-state index in [1.54, 1.807) is 11.8 Å². The monoisotopic (exact) mass is 426 g/mol. The second kappa shape index (κ2) is 8.50. The van der Waals surface area contributed by atoms with Gasteiger partial charge in [-0.3, -0.25) is 0 Å². The number of nitrogens with zero attached hydrogens (tertiary/aromatic N) is 2. The molecule has 154 valence electrons. The van der Waals surface area contributed by atoms with Crippen LogP contribution in [0.25, 0.3) is 27.1 Å². The number of benzene rings is 3. The lowest BCUT2D eigenvalue weighted by molar-refractivity contribution is 0.831. The minimum absolute atomic E-state index is 0.605. The van der Waals surface area contributed by atoms with Gasteiger partial charge < -0.3 is 5.43 Å². The zero-order chi connectivity index (χ0) is 21.2. The molecular weight excluding hydrogens is 404 g/mol. The predicted octanol–water partition coefficient (Wildman–Crippen LogP) is 6.46. The highest BCUT2D eigenvalue weighted by atomic mass is 35.5. The topological polar surface area (TPSA) is 63.8 Å². The third-order valence-corrected chi connectivity index (χ3v) is 6.37. The molecule has 4 nitrogen and oxygen atoms in total. The molecule has 0 atom stereocenters. The number of rotatable bonds is 1. The highest BCUT2D eigenvalue weighted by Crippen LogP contribution is 2.41. The Balaban J connectivity index is 0.000000147. The number of halogens is 1. The smallest absolute Gasteiger partial charge is 0.170 e. The van der Waals surface area contributed by atoms with Crippen LogP contribution in [0.1, 0.15) is 30.4 Å². The van der Waals surface area contributed by atoms with Crippen molar-refractivity contribution in [1.29, 1.82) is 0 Å². The number of nitrogens with two attached hydrogens (primary N) is 1. The summed E-state index contributed by atoms with van der Waals surface area (Å²) in [7, 11) is 0. The summed E-state index contributed by atoms with van der Waals surface area (Å²) in [5.74, 6) is 5.87. The van der Waals surface area contributed by atoms with E-state index in [0.717, 1.165) is 22.2 Å². The van der Waals surface area contributed by atoms with Crippen molar-refractivity contribution >= 4 is 44.5 Å². The summed E-state index contributed by atoms with van der Waals surface area (Å²) < 4.78 is 0. The molecule has 0 aliphatic heterocycles. The Morgan fingerprint density at radius 2 is 1.77 bits per heavy atom. The number of aromatic nitrogens is 2. The normalized spacial score (nSPS) is 14.6. The fourth-order valence-corrected chi connectivity index (χ4v) is 4.88. The minimum atomic E-state index is 0.605. The maximum Gasteiger partial charge on any atom is 0.170 e. The van der Waals surface area contributed by atoms with Crippen molar-refractivity contribution < 1.29 is 0 Å². The fraction of sp³-hybridized carbons (Fsp3) is 0.154. The first kappa shape index (κ1) is 19.7. The van der Waals surface area contributed by atoms with E-state index in [1.165, 1.54) is 46.7 Å².